The van der Waals surface area contributed by atoms with E-state index >= 15 is 0 Å². The number of rotatable bonds is 5. The number of benzene rings is 1. The second kappa shape index (κ2) is 7.96. The maximum atomic E-state index is 12.8. The topological polar surface area (TPSA) is 81.7 Å². The van der Waals surface area contributed by atoms with E-state index in [1.54, 1.807) is 7.11 Å². The van der Waals surface area contributed by atoms with Crippen LogP contribution in [-0.2, 0) is 25.8 Å². The van der Waals surface area contributed by atoms with Crippen molar-refractivity contribution in [2.24, 2.45) is 0 Å². The normalized spacial score (nSPS) is 22.3. The highest BCUT2D eigenvalue weighted by atomic mass is 32.2. The van der Waals surface area contributed by atoms with Gasteiger partial charge in [0.2, 0.25) is 5.91 Å². The first-order valence-electron chi connectivity index (χ1n) is 9.21. The van der Waals surface area contributed by atoms with Crippen LogP contribution in [0.1, 0.15) is 49.8 Å². The van der Waals surface area contributed by atoms with Crippen LogP contribution < -0.4 is 10.1 Å². The van der Waals surface area contributed by atoms with Gasteiger partial charge in [0.25, 0.3) is 0 Å². The van der Waals surface area contributed by atoms with Gasteiger partial charge in [0.05, 0.1) is 18.4 Å². The molecule has 1 N–H and O–H groups in total. The largest absolute Gasteiger partial charge is 0.497 e. The van der Waals surface area contributed by atoms with Crippen LogP contribution in [0.25, 0.3) is 0 Å². The number of sulfone groups is 1. The molecule has 1 saturated heterocycles. The highest BCUT2D eigenvalue weighted by Gasteiger charge is 2.37. The minimum atomic E-state index is -3.52. The van der Waals surface area contributed by atoms with Crippen LogP contribution in [0.15, 0.2) is 18.2 Å². The minimum absolute atomic E-state index is 0.173. The molecule has 0 saturated carbocycles. The van der Waals surface area contributed by atoms with E-state index in [9.17, 15) is 13.2 Å². The summed E-state index contributed by atoms with van der Waals surface area (Å²) in [4.78, 5) is 12.7. The smallest absolute Gasteiger partial charge is 0.238 e. The third-order valence-electron chi connectivity index (χ3n) is 5.48. The summed E-state index contributed by atoms with van der Waals surface area (Å²) in [6.45, 7) is 2.37. The molecule has 7 heteroatoms. The summed E-state index contributed by atoms with van der Waals surface area (Å²) in [7, 11) is -1.91. The summed E-state index contributed by atoms with van der Waals surface area (Å²) in [6.07, 6.45) is 3.65. The van der Waals surface area contributed by atoms with Gasteiger partial charge in [-0.1, -0.05) is 6.07 Å². The molecule has 1 aliphatic heterocycles. The van der Waals surface area contributed by atoms with Gasteiger partial charge in [-0.15, -0.1) is 0 Å². The number of methoxy groups -OCH3 is 1. The van der Waals surface area contributed by atoms with Gasteiger partial charge in [-0.3, -0.25) is 4.79 Å². The second-order valence-corrected chi connectivity index (χ2v) is 9.61. The zero-order valence-corrected chi connectivity index (χ0v) is 16.2. The summed E-state index contributed by atoms with van der Waals surface area (Å²) >= 11 is 0. The zero-order valence-electron chi connectivity index (χ0n) is 15.4. The maximum Gasteiger partial charge on any atom is 0.238 e. The van der Waals surface area contributed by atoms with Crippen molar-refractivity contribution in [3.8, 4) is 5.75 Å². The molecule has 0 aromatic heterocycles. The lowest BCUT2D eigenvalue weighted by atomic mass is 9.87. The van der Waals surface area contributed by atoms with Crippen molar-refractivity contribution in [3.63, 3.8) is 0 Å². The first-order chi connectivity index (χ1) is 12.4. The van der Waals surface area contributed by atoms with E-state index in [2.05, 4.69) is 5.32 Å². The van der Waals surface area contributed by atoms with Crippen molar-refractivity contribution in [1.29, 1.82) is 0 Å². The Bertz CT molecular complexity index is 755. The lowest BCUT2D eigenvalue weighted by Gasteiger charge is -2.29. The Kier molecular flexibility index (Phi) is 5.87. The van der Waals surface area contributed by atoms with Crippen LogP contribution in [0, 0.1) is 0 Å². The second-order valence-electron chi connectivity index (χ2n) is 7.06. The first kappa shape index (κ1) is 19.2. The molecule has 2 aliphatic rings. The van der Waals surface area contributed by atoms with Crippen LogP contribution in [0.4, 0.5) is 0 Å². The van der Waals surface area contributed by atoms with Crippen LogP contribution in [0.5, 0.6) is 5.75 Å². The van der Waals surface area contributed by atoms with E-state index in [0.717, 1.165) is 30.6 Å². The van der Waals surface area contributed by atoms with E-state index in [4.69, 9.17) is 9.47 Å². The fourth-order valence-corrected chi connectivity index (χ4v) is 5.58. The highest BCUT2D eigenvalue weighted by molar-refractivity contribution is 7.93. The van der Waals surface area contributed by atoms with Crippen LogP contribution in [-0.4, -0.2) is 45.1 Å². The summed E-state index contributed by atoms with van der Waals surface area (Å²) in [5.74, 6) is 0.324. The molecule has 3 rings (SSSR count). The lowest BCUT2D eigenvalue weighted by Crippen LogP contribution is -2.45. The monoisotopic (exact) mass is 381 g/mol. The molecule has 1 fully saturated rings. The van der Waals surface area contributed by atoms with Crippen molar-refractivity contribution in [3.05, 3.63) is 29.3 Å². The number of nitrogens with one attached hydrogen (secondary N) is 1. The van der Waals surface area contributed by atoms with Crippen LogP contribution >= 0.6 is 0 Å². The van der Waals surface area contributed by atoms with Crippen molar-refractivity contribution in [2.75, 3.05) is 20.3 Å². The number of carbonyl (C=O) groups is 1. The fourth-order valence-electron chi connectivity index (χ4n) is 3.79. The third-order valence-corrected chi connectivity index (χ3v) is 8.08. The molecular weight excluding hydrogens is 354 g/mol. The maximum absolute atomic E-state index is 12.8. The average molecular weight is 381 g/mol. The summed E-state index contributed by atoms with van der Waals surface area (Å²) in [5.41, 5.74) is 2.21. The predicted molar refractivity (Wildman–Crippen MR) is 99.0 cm³/mol. The minimum Gasteiger partial charge on any atom is -0.497 e. The molecule has 1 aliphatic carbocycles. The van der Waals surface area contributed by atoms with Gasteiger partial charge in [-0.25, -0.2) is 8.42 Å². The Morgan fingerprint density at radius 3 is 2.69 bits per heavy atom. The first-order valence-corrected chi connectivity index (χ1v) is 10.8. The van der Waals surface area contributed by atoms with Gasteiger partial charge in [-0.2, -0.15) is 0 Å². The van der Waals surface area contributed by atoms with Crippen molar-refractivity contribution >= 4 is 15.7 Å². The Morgan fingerprint density at radius 1 is 1.27 bits per heavy atom. The van der Waals surface area contributed by atoms with Gasteiger partial charge in [0, 0.05) is 13.2 Å². The number of fused-ring (bicyclic) bond motifs is 1. The van der Waals surface area contributed by atoms with E-state index < -0.39 is 26.2 Å². The van der Waals surface area contributed by atoms with Gasteiger partial charge in [0.15, 0.2) is 9.84 Å². The number of ether oxygens (including phenoxy) is 2. The molecule has 26 heavy (non-hydrogen) atoms. The number of amides is 1. The molecule has 6 nitrogen and oxygen atoms in total. The number of carbonyl (C=O) groups excluding carboxylic acids is 1. The van der Waals surface area contributed by atoms with Crippen LogP contribution in [0.3, 0.4) is 0 Å². The molecule has 2 atom stereocenters. The molecule has 1 heterocycles. The summed E-state index contributed by atoms with van der Waals surface area (Å²) < 4.78 is 36.1. The van der Waals surface area contributed by atoms with Gasteiger partial charge >= 0.3 is 0 Å². The van der Waals surface area contributed by atoms with E-state index in [-0.39, 0.29) is 6.04 Å². The molecule has 0 radical (unpaired) electrons. The molecule has 144 valence electrons. The quantitative estimate of drug-likeness (QED) is 0.845. The van der Waals surface area contributed by atoms with E-state index in [1.165, 1.54) is 12.5 Å². The Hall–Kier alpha value is -1.60. The van der Waals surface area contributed by atoms with Gasteiger partial charge in [0.1, 0.15) is 11.0 Å². The highest BCUT2D eigenvalue weighted by Crippen LogP contribution is 2.33. The molecule has 1 aromatic carbocycles. The molecule has 0 bridgehead atoms. The molecule has 1 amide bonds. The number of hydrogen-bond acceptors (Lipinski definition) is 5. The standard InChI is InChI=1S/C19H27NO5S/c1-13(26(22,23)16-8-10-25-11-9-16)19(21)20-18-5-3-4-14-6-7-15(24-2)12-17(14)18/h6-7,12-13,16,18H,3-5,8-11H2,1-2H3,(H,20,21)/t13?,18-/m0/s1. The lowest BCUT2D eigenvalue weighted by molar-refractivity contribution is -0.121. The van der Waals surface area contributed by atoms with Crippen molar-refractivity contribution in [1.82, 2.24) is 5.32 Å². The average Bonchev–Trinajstić information content (AvgIpc) is 2.67. The zero-order chi connectivity index (χ0) is 18.7. The van der Waals surface area contributed by atoms with Crippen LogP contribution in [0.2, 0.25) is 0 Å². The van der Waals surface area contributed by atoms with Gasteiger partial charge < -0.3 is 14.8 Å². The third kappa shape index (κ3) is 3.88. The predicted octanol–water partition coefficient (Wildman–Crippen LogP) is 2.17. The van der Waals surface area contributed by atoms with Crippen molar-refractivity contribution in [2.45, 2.75) is 55.6 Å². The Labute approximate surface area is 155 Å². The summed E-state index contributed by atoms with van der Waals surface area (Å²) in [6, 6.07) is 5.71. The fraction of sp³-hybridized carbons (Fsp3) is 0.632. The van der Waals surface area contributed by atoms with E-state index in [0.29, 0.717) is 26.1 Å². The van der Waals surface area contributed by atoms with Crippen molar-refractivity contribution < 1.29 is 22.7 Å². The van der Waals surface area contributed by atoms with Gasteiger partial charge in [-0.05, 0) is 62.3 Å². The van der Waals surface area contributed by atoms with E-state index in [1.807, 2.05) is 18.2 Å². The summed E-state index contributed by atoms with van der Waals surface area (Å²) in [5, 5.41) is 1.42. The Morgan fingerprint density at radius 2 is 2.00 bits per heavy atom. The molecule has 1 unspecified atom stereocenters. The molecule has 1 aromatic rings. The Balaban J connectivity index is 1.74. The SMILES string of the molecule is COc1ccc2c(c1)[C@@H](NC(=O)C(C)S(=O)(=O)C1CCOCC1)CCC2. The number of aryl methyl sites for hydroxylation is 1. The number of hydrogen-bond donors (Lipinski definition) is 1. The molecule has 0 spiro atoms. The molecular formula is C19H27NO5S.